The second-order valence-electron chi connectivity index (χ2n) is 5.56. The Bertz CT molecular complexity index is 632. The first-order chi connectivity index (χ1) is 10.2. The number of aryl methyl sites for hydroxylation is 2. The normalized spacial score (nSPS) is 14.4. The SMILES string of the molecule is Cc1nn(C)c(Oc2cccc(CO)c2)c1CNC1CC1. The summed E-state index contributed by atoms with van der Waals surface area (Å²) in [5.74, 6) is 1.48. The van der Waals surface area contributed by atoms with Gasteiger partial charge in [-0.1, -0.05) is 12.1 Å². The maximum absolute atomic E-state index is 9.21. The van der Waals surface area contributed by atoms with Crippen LogP contribution in [0.4, 0.5) is 0 Å². The van der Waals surface area contributed by atoms with E-state index in [4.69, 9.17) is 4.74 Å². The molecule has 1 aliphatic rings. The highest BCUT2D eigenvalue weighted by molar-refractivity contribution is 5.37. The van der Waals surface area contributed by atoms with Crippen LogP contribution in [0.5, 0.6) is 11.6 Å². The van der Waals surface area contributed by atoms with Gasteiger partial charge in [0.25, 0.3) is 0 Å². The van der Waals surface area contributed by atoms with Gasteiger partial charge in [0.05, 0.1) is 17.9 Å². The summed E-state index contributed by atoms with van der Waals surface area (Å²) in [5.41, 5.74) is 2.92. The van der Waals surface area contributed by atoms with Crippen LogP contribution in [0.15, 0.2) is 24.3 Å². The Labute approximate surface area is 124 Å². The summed E-state index contributed by atoms with van der Waals surface area (Å²) in [7, 11) is 1.89. The smallest absolute Gasteiger partial charge is 0.222 e. The van der Waals surface area contributed by atoms with Gasteiger partial charge >= 0.3 is 0 Å². The van der Waals surface area contributed by atoms with E-state index in [1.54, 1.807) is 4.68 Å². The predicted molar refractivity (Wildman–Crippen MR) is 80.2 cm³/mol. The second kappa shape index (κ2) is 5.87. The molecule has 1 aromatic carbocycles. The Morgan fingerprint density at radius 1 is 1.43 bits per heavy atom. The summed E-state index contributed by atoms with van der Waals surface area (Å²) >= 11 is 0. The highest BCUT2D eigenvalue weighted by atomic mass is 16.5. The molecule has 2 N–H and O–H groups in total. The third kappa shape index (κ3) is 3.25. The summed E-state index contributed by atoms with van der Waals surface area (Å²) in [6.07, 6.45) is 2.52. The standard InChI is InChI=1S/C16H21N3O2/c1-11-15(9-17-13-6-7-13)16(19(2)18-11)21-14-5-3-4-12(8-14)10-20/h3-5,8,13,17,20H,6-7,9-10H2,1-2H3. The number of rotatable bonds is 6. The van der Waals surface area contributed by atoms with E-state index in [-0.39, 0.29) is 6.61 Å². The van der Waals surface area contributed by atoms with Crippen LogP contribution >= 0.6 is 0 Å². The number of hydrogen-bond donors (Lipinski definition) is 2. The fourth-order valence-corrected chi connectivity index (χ4v) is 2.36. The Kier molecular flexibility index (Phi) is 3.94. The molecule has 2 aromatic rings. The molecular formula is C16H21N3O2. The molecule has 21 heavy (non-hydrogen) atoms. The molecule has 5 nitrogen and oxygen atoms in total. The van der Waals surface area contributed by atoms with Crippen molar-refractivity contribution in [2.45, 2.75) is 39.0 Å². The van der Waals surface area contributed by atoms with Crippen molar-refractivity contribution in [1.29, 1.82) is 0 Å². The van der Waals surface area contributed by atoms with E-state index in [0.717, 1.165) is 35.0 Å². The van der Waals surface area contributed by atoms with Crippen molar-refractivity contribution in [3.8, 4) is 11.6 Å². The minimum atomic E-state index is 0.0116. The lowest BCUT2D eigenvalue weighted by Gasteiger charge is -2.10. The van der Waals surface area contributed by atoms with Gasteiger partial charge in [-0.05, 0) is 37.5 Å². The Morgan fingerprint density at radius 2 is 2.24 bits per heavy atom. The average molecular weight is 287 g/mol. The highest BCUT2D eigenvalue weighted by Gasteiger charge is 2.23. The van der Waals surface area contributed by atoms with Gasteiger partial charge in [-0.2, -0.15) is 5.10 Å². The van der Waals surface area contributed by atoms with Crippen molar-refractivity contribution < 1.29 is 9.84 Å². The van der Waals surface area contributed by atoms with E-state index < -0.39 is 0 Å². The molecule has 1 aliphatic carbocycles. The van der Waals surface area contributed by atoms with Gasteiger partial charge in [0.15, 0.2) is 0 Å². The van der Waals surface area contributed by atoms with Crippen molar-refractivity contribution >= 4 is 0 Å². The van der Waals surface area contributed by atoms with Crippen LogP contribution in [0.25, 0.3) is 0 Å². The topological polar surface area (TPSA) is 59.3 Å². The zero-order valence-electron chi connectivity index (χ0n) is 12.5. The molecule has 0 atom stereocenters. The van der Waals surface area contributed by atoms with E-state index in [1.807, 2.05) is 38.2 Å². The summed E-state index contributed by atoms with van der Waals surface area (Å²) in [6.45, 7) is 2.79. The molecule has 5 heteroatoms. The first-order valence-electron chi connectivity index (χ1n) is 7.31. The van der Waals surface area contributed by atoms with Crippen molar-refractivity contribution in [1.82, 2.24) is 15.1 Å². The van der Waals surface area contributed by atoms with Crippen molar-refractivity contribution in [3.63, 3.8) is 0 Å². The monoisotopic (exact) mass is 287 g/mol. The molecule has 1 heterocycles. The zero-order valence-corrected chi connectivity index (χ0v) is 12.5. The zero-order chi connectivity index (χ0) is 14.8. The molecule has 0 bridgehead atoms. The first-order valence-corrected chi connectivity index (χ1v) is 7.31. The molecule has 112 valence electrons. The van der Waals surface area contributed by atoms with Crippen LogP contribution in [0.3, 0.4) is 0 Å². The fourth-order valence-electron chi connectivity index (χ4n) is 2.36. The second-order valence-corrected chi connectivity index (χ2v) is 5.56. The van der Waals surface area contributed by atoms with E-state index in [1.165, 1.54) is 12.8 Å². The predicted octanol–water partition coefficient (Wildman–Crippen LogP) is 2.27. The Morgan fingerprint density at radius 3 is 2.95 bits per heavy atom. The molecule has 1 fully saturated rings. The largest absolute Gasteiger partial charge is 0.439 e. The minimum Gasteiger partial charge on any atom is -0.439 e. The average Bonchev–Trinajstić information content (AvgIpc) is 3.26. The summed E-state index contributed by atoms with van der Waals surface area (Å²) in [5, 5.41) is 17.2. The van der Waals surface area contributed by atoms with E-state index >= 15 is 0 Å². The van der Waals surface area contributed by atoms with Gasteiger partial charge < -0.3 is 15.2 Å². The summed E-state index contributed by atoms with van der Waals surface area (Å²) < 4.78 is 7.77. The quantitative estimate of drug-likeness (QED) is 0.855. The molecule has 1 aromatic heterocycles. The Hall–Kier alpha value is -1.85. The molecule has 0 aliphatic heterocycles. The Balaban J connectivity index is 1.82. The molecule has 0 amide bonds. The molecule has 0 saturated heterocycles. The molecule has 0 spiro atoms. The maximum Gasteiger partial charge on any atom is 0.222 e. The lowest BCUT2D eigenvalue weighted by molar-refractivity contribution is 0.281. The van der Waals surface area contributed by atoms with Crippen LogP contribution in [-0.4, -0.2) is 20.9 Å². The fraction of sp³-hybridized carbons (Fsp3) is 0.438. The van der Waals surface area contributed by atoms with Crippen molar-refractivity contribution in [3.05, 3.63) is 41.1 Å². The van der Waals surface area contributed by atoms with Crippen molar-refractivity contribution in [2.75, 3.05) is 0 Å². The van der Waals surface area contributed by atoms with E-state index in [9.17, 15) is 5.11 Å². The number of nitrogens with one attached hydrogen (secondary N) is 1. The van der Waals surface area contributed by atoms with Crippen LogP contribution < -0.4 is 10.1 Å². The molecule has 0 unspecified atom stereocenters. The first kappa shape index (κ1) is 14.1. The lowest BCUT2D eigenvalue weighted by atomic mass is 10.2. The van der Waals surface area contributed by atoms with Crippen LogP contribution in [0, 0.1) is 6.92 Å². The number of hydrogen-bond acceptors (Lipinski definition) is 4. The van der Waals surface area contributed by atoms with E-state index in [2.05, 4.69) is 10.4 Å². The lowest BCUT2D eigenvalue weighted by Crippen LogP contribution is -2.16. The number of aliphatic hydroxyl groups excluding tert-OH is 1. The van der Waals surface area contributed by atoms with Crippen molar-refractivity contribution in [2.24, 2.45) is 7.05 Å². The molecular weight excluding hydrogens is 266 g/mol. The molecule has 1 saturated carbocycles. The number of aliphatic hydroxyl groups is 1. The van der Waals surface area contributed by atoms with Gasteiger partial charge in [0, 0.05) is 19.6 Å². The van der Waals surface area contributed by atoms with Crippen LogP contribution in [0.2, 0.25) is 0 Å². The third-order valence-corrected chi connectivity index (χ3v) is 3.73. The number of benzene rings is 1. The maximum atomic E-state index is 9.21. The van der Waals surface area contributed by atoms with Crippen LogP contribution in [-0.2, 0) is 20.2 Å². The van der Waals surface area contributed by atoms with Gasteiger partial charge in [0.1, 0.15) is 5.75 Å². The minimum absolute atomic E-state index is 0.0116. The number of ether oxygens (including phenoxy) is 1. The molecule has 0 radical (unpaired) electrons. The summed E-state index contributed by atoms with van der Waals surface area (Å²) in [4.78, 5) is 0. The molecule has 3 rings (SSSR count). The number of nitrogens with zero attached hydrogens (tertiary/aromatic N) is 2. The number of aromatic nitrogens is 2. The van der Waals surface area contributed by atoms with Gasteiger partial charge in [-0.15, -0.1) is 0 Å². The third-order valence-electron chi connectivity index (χ3n) is 3.73. The summed E-state index contributed by atoms with van der Waals surface area (Å²) in [6, 6.07) is 8.14. The van der Waals surface area contributed by atoms with E-state index in [0.29, 0.717) is 6.04 Å². The van der Waals surface area contributed by atoms with Gasteiger partial charge in [-0.3, -0.25) is 0 Å². The van der Waals surface area contributed by atoms with Gasteiger partial charge in [0.2, 0.25) is 5.88 Å². The van der Waals surface area contributed by atoms with Crippen LogP contribution in [0.1, 0.15) is 29.7 Å². The van der Waals surface area contributed by atoms with Gasteiger partial charge in [-0.25, -0.2) is 4.68 Å². The highest BCUT2D eigenvalue weighted by Crippen LogP contribution is 2.29.